The van der Waals surface area contributed by atoms with Crippen LogP contribution in [0.5, 0.6) is 0 Å². The Morgan fingerprint density at radius 2 is 1.95 bits per heavy atom. The predicted molar refractivity (Wildman–Crippen MR) is 80.5 cm³/mol. The van der Waals surface area contributed by atoms with E-state index >= 15 is 0 Å². The Morgan fingerprint density at radius 3 is 2.71 bits per heavy atom. The summed E-state index contributed by atoms with van der Waals surface area (Å²) in [7, 11) is -3.87. The molecule has 0 saturated heterocycles. The zero-order valence-electron chi connectivity index (χ0n) is 10.9. The first kappa shape index (κ1) is 14.2. The molecule has 2 N–H and O–H groups in total. The van der Waals surface area contributed by atoms with Crippen molar-refractivity contribution in [2.75, 3.05) is 16.6 Å². The summed E-state index contributed by atoms with van der Waals surface area (Å²) >= 11 is 5.89. The average Bonchev–Trinajstić information content (AvgIpc) is 2.87. The monoisotopic (exact) mass is 326 g/mol. The normalized spacial score (nSPS) is 14.3. The highest BCUT2D eigenvalue weighted by Gasteiger charge is 2.32. The fraction of sp³-hybridized carbons (Fsp3) is 0.143. The zero-order chi connectivity index (χ0) is 15.2. The second-order valence-corrected chi connectivity index (χ2v) is 7.00. The Hall–Kier alpha value is -1.79. The highest BCUT2D eigenvalue weighted by Crippen LogP contribution is 2.35. The molecule has 0 spiro atoms. The van der Waals surface area contributed by atoms with E-state index in [2.05, 4.69) is 0 Å². The van der Waals surface area contributed by atoms with Crippen LogP contribution in [0, 0.1) is 5.82 Å². The van der Waals surface area contributed by atoms with Crippen molar-refractivity contribution in [3.8, 4) is 0 Å². The topological polar surface area (TPSA) is 63.4 Å². The fourth-order valence-corrected chi connectivity index (χ4v) is 4.45. The van der Waals surface area contributed by atoms with Gasteiger partial charge < -0.3 is 5.73 Å². The van der Waals surface area contributed by atoms with Crippen molar-refractivity contribution in [1.82, 2.24) is 0 Å². The van der Waals surface area contributed by atoms with Crippen LogP contribution in [0.4, 0.5) is 15.8 Å². The summed E-state index contributed by atoms with van der Waals surface area (Å²) in [6, 6.07) is 9.23. The van der Waals surface area contributed by atoms with E-state index in [0.29, 0.717) is 18.7 Å². The molecule has 0 radical (unpaired) electrons. The van der Waals surface area contributed by atoms with E-state index in [1.807, 2.05) is 12.1 Å². The lowest BCUT2D eigenvalue weighted by Crippen LogP contribution is -2.29. The van der Waals surface area contributed by atoms with E-state index in [1.54, 1.807) is 12.1 Å². The number of halogens is 2. The maximum Gasteiger partial charge on any atom is 0.265 e. The summed E-state index contributed by atoms with van der Waals surface area (Å²) in [4.78, 5) is -0.181. The molecule has 0 fully saturated rings. The van der Waals surface area contributed by atoms with E-state index in [4.69, 9.17) is 17.3 Å². The number of nitrogens with zero attached hydrogens (tertiary/aromatic N) is 1. The highest BCUT2D eigenvalue weighted by atomic mass is 35.5. The molecule has 2 aromatic rings. The molecule has 0 aromatic heterocycles. The summed E-state index contributed by atoms with van der Waals surface area (Å²) < 4.78 is 40.1. The van der Waals surface area contributed by atoms with Crippen molar-refractivity contribution in [2.45, 2.75) is 11.3 Å². The number of benzene rings is 2. The molecule has 1 heterocycles. The van der Waals surface area contributed by atoms with Gasteiger partial charge in [-0.25, -0.2) is 12.8 Å². The van der Waals surface area contributed by atoms with Gasteiger partial charge >= 0.3 is 0 Å². The third kappa shape index (κ3) is 2.24. The molecule has 1 aliphatic rings. The van der Waals surface area contributed by atoms with Gasteiger partial charge in [0.25, 0.3) is 10.0 Å². The number of para-hydroxylation sites is 1. The van der Waals surface area contributed by atoms with Crippen LogP contribution in [0.25, 0.3) is 0 Å². The number of sulfonamides is 1. The SMILES string of the molecule is Nc1cc(S(=O)(=O)N2CCc3ccccc32)c(Cl)cc1F. The Labute approximate surface area is 127 Å². The van der Waals surface area contributed by atoms with Crippen LogP contribution in [0.2, 0.25) is 5.02 Å². The molecular formula is C14H12ClFN2O2S. The molecule has 0 saturated carbocycles. The first-order valence-electron chi connectivity index (χ1n) is 6.26. The Kier molecular flexibility index (Phi) is 3.30. The molecule has 0 atom stereocenters. The molecule has 3 rings (SSSR count). The lowest BCUT2D eigenvalue weighted by Gasteiger charge is -2.20. The minimum atomic E-state index is -3.87. The van der Waals surface area contributed by atoms with Gasteiger partial charge in [0.2, 0.25) is 0 Å². The van der Waals surface area contributed by atoms with Gasteiger partial charge in [0.15, 0.2) is 0 Å². The standard InChI is InChI=1S/C14H12ClFN2O2S/c15-10-7-11(16)12(17)8-14(10)21(19,20)18-6-5-9-3-1-2-4-13(9)18/h1-4,7-8H,5-6,17H2. The number of hydrogen-bond acceptors (Lipinski definition) is 3. The van der Waals surface area contributed by atoms with Crippen molar-refractivity contribution in [3.63, 3.8) is 0 Å². The van der Waals surface area contributed by atoms with Gasteiger partial charge in [0, 0.05) is 6.54 Å². The number of hydrogen-bond donors (Lipinski definition) is 1. The molecule has 0 bridgehead atoms. The van der Waals surface area contributed by atoms with Crippen LogP contribution in [-0.2, 0) is 16.4 Å². The van der Waals surface area contributed by atoms with Crippen molar-refractivity contribution in [1.29, 1.82) is 0 Å². The predicted octanol–water partition coefficient (Wildman–Crippen LogP) is 2.81. The van der Waals surface area contributed by atoms with E-state index in [-0.39, 0.29) is 15.6 Å². The molecule has 21 heavy (non-hydrogen) atoms. The van der Waals surface area contributed by atoms with Crippen LogP contribution in [0.1, 0.15) is 5.56 Å². The number of anilines is 2. The van der Waals surface area contributed by atoms with Crippen LogP contribution in [0.3, 0.4) is 0 Å². The Morgan fingerprint density at radius 1 is 1.24 bits per heavy atom. The zero-order valence-corrected chi connectivity index (χ0v) is 12.5. The Balaban J connectivity index is 2.13. The van der Waals surface area contributed by atoms with Crippen LogP contribution in [-0.4, -0.2) is 15.0 Å². The van der Waals surface area contributed by atoms with Gasteiger partial charge in [-0.15, -0.1) is 0 Å². The van der Waals surface area contributed by atoms with Gasteiger partial charge in [-0.2, -0.15) is 0 Å². The van der Waals surface area contributed by atoms with E-state index in [1.165, 1.54) is 4.31 Å². The third-order valence-corrected chi connectivity index (χ3v) is 5.74. The van der Waals surface area contributed by atoms with Gasteiger partial charge in [0.05, 0.1) is 16.4 Å². The van der Waals surface area contributed by atoms with Crippen LogP contribution < -0.4 is 10.0 Å². The molecule has 0 aliphatic carbocycles. The summed E-state index contributed by atoms with van der Waals surface area (Å²) in [5, 5.41) is -0.175. The second kappa shape index (κ2) is 4.89. The van der Waals surface area contributed by atoms with Crippen LogP contribution >= 0.6 is 11.6 Å². The first-order chi connectivity index (χ1) is 9.91. The molecular weight excluding hydrogens is 315 g/mol. The van der Waals surface area contributed by atoms with Crippen molar-refractivity contribution >= 4 is 33.0 Å². The summed E-state index contributed by atoms with van der Waals surface area (Å²) in [6.45, 7) is 0.329. The largest absolute Gasteiger partial charge is 0.396 e. The smallest absolute Gasteiger partial charge is 0.265 e. The molecule has 110 valence electrons. The molecule has 7 heteroatoms. The molecule has 0 amide bonds. The van der Waals surface area contributed by atoms with Gasteiger partial charge in [0.1, 0.15) is 10.7 Å². The van der Waals surface area contributed by atoms with Crippen molar-refractivity contribution in [3.05, 3.63) is 52.8 Å². The molecule has 0 unspecified atom stereocenters. The maximum absolute atomic E-state index is 13.3. The minimum absolute atomic E-state index is 0.175. The fourth-order valence-electron chi connectivity index (χ4n) is 2.42. The maximum atomic E-state index is 13.3. The number of nitrogen functional groups attached to an aromatic ring is 1. The molecule has 4 nitrogen and oxygen atoms in total. The second-order valence-electron chi connectivity index (χ2n) is 4.76. The summed E-state index contributed by atoms with van der Waals surface area (Å²) in [5.74, 6) is -0.735. The summed E-state index contributed by atoms with van der Waals surface area (Å²) in [5.41, 5.74) is 6.79. The molecule has 2 aromatic carbocycles. The number of nitrogens with two attached hydrogens (primary N) is 1. The van der Waals surface area contributed by atoms with Crippen LogP contribution in [0.15, 0.2) is 41.3 Å². The number of rotatable bonds is 2. The van der Waals surface area contributed by atoms with Gasteiger partial charge in [-0.3, -0.25) is 4.31 Å². The van der Waals surface area contributed by atoms with E-state index in [9.17, 15) is 12.8 Å². The first-order valence-corrected chi connectivity index (χ1v) is 8.08. The third-order valence-electron chi connectivity index (χ3n) is 3.46. The quantitative estimate of drug-likeness (QED) is 0.863. The lowest BCUT2D eigenvalue weighted by molar-refractivity contribution is 0.591. The average molecular weight is 327 g/mol. The summed E-state index contributed by atoms with van der Waals surface area (Å²) in [6.07, 6.45) is 0.629. The lowest BCUT2D eigenvalue weighted by atomic mass is 10.2. The minimum Gasteiger partial charge on any atom is -0.396 e. The highest BCUT2D eigenvalue weighted by molar-refractivity contribution is 7.93. The van der Waals surface area contributed by atoms with Crippen molar-refractivity contribution < 1.29 is 12.8 Å². The Bertz CT molecular complexity index is 824. The van der Waals surface area contributed by atoms with E-state index < -0.39 is 15.8 Å². The van der Waals surface area contributed by atoms with Gasteiger partial charge in [-0.05, 0) is 30.2 Å². The van der Waals surface area contributed by atoms with E-state index in [0.717, 1.165) is 17.7 Å². The van der Waals surface area contributed by atoms with Gasteiger partial charge in [-0.1, -0.05) is 29.8 Å². The van der Waals surface area contributed by atoms with Crippen molar-refractivity contribution in [2.24, 2.45) is 0 Å². The number of fused-ring (bicyclic) bond motifs is 1. The molecule has 1 aliphatic heterocycles.